The number of aliphatic hydroxyl groups is 1. The summed E-state index contributed by atoms with van der Waals surface area (Å²) in [5.41, 5.74) is 0.0588. The number of carbonyl (C=O) groups excluding carboxylic acids is 1. The minimum absolute atomic E-state index is 0.146. The molecule has 0 saturated carbocycles. The maximum Gasteiger partial charge on any atom is 0.275 e. The van der Waals surface area contributed by atoms with Gasteiger partial charge in [0.25, 0.3) is 5.69 Å². The van der Waals surface area contributed by atoms with E-state index in [0.717, 1.165) is 6.42 Å². The number of rotatable bonds is 6. The lowest BCUT2D eigenvalue weighted by Gasteiger charge is -2.20. The van der Waals surface area contributed by atoms with Crippen molar-refractivity contribution in [2.45, 2.75) is 32.8 Å². The summed E-state index contributed by atoms with van der Waals surface area (Å²) in [7, 11) is 0. The third-order valence-electron chi connectivity index (χ3n) is 2.96. The largest absolute Gasteiger partial charge is 0.387 e. The van der Waals surface area contributed by atoms with Gasteiger partial charge < -0.3 is 5.11 Å². The zero-order valence-electron chi connectivity index (χ0n) is 10.5. The molecule has 0 saturated heterocycles. The number of nitrogens with zero attached hydrogens (tertiary/aromatic N) is 1. The number of benzene rings is 1. The van der Waals surface area contributed by atoms with Crippen molar-refractivity contribution in [2.75, 3.05) is 0 Å². The quantitative estimate of drug-likeness (QED) is 0.622. The molecule has 0 fully saturated rings. The highest BCUT2D eigenvalue weighted by molar-refractivity contribution is 5.79. The molecule has 0 aliphatic heterocycles. The first-order valence-electron chi connectivity index (χ1n) is 5.90. The van der Waals surface area contributed by atoms with Crippen LogP contribution in [0, 0.1) is 16.0 Å². The molecule has 2 atom stereocenters. The molecule has 0 aliphatic rings. The van der Waals surface area contributed by atoms with Crippen LogP contribution in [0.3, 0.4) is 0 Å². The van der Waals surface area contributed by atoms with E-state index in [1.165, 1.54) is 25.1 Å². The molecule has 0 aromatic heterocycles. The summed E-state index contributed by atoms with van der Waals surface area (Å²) in [6.45, 7) is 3.31. The van der Waals surface area contributed by atoms with Gasteiger partial charge in [0.1, 0.15) is 5.78 Å². The molecule has 18 heavy (non-hydrogen) atoms. The molecule has 1 aromatic rings. The van der Waals surface area contributed by atoms with E-state index in [9.17, 15) is 20.0 Å². The summed E-state index contributed by atoms with van der Waals surface area (Å²) in [4.78, 5) is 21.8. The van der Waals surface area contributed by atoms with Crippen LogP contribution in [0.5, 0.6) is 0 Å². The van der Waals surface area contributed by atoms with Crippen molar-refractivity contribution >= 4 is 11.5 Å². The van der Waals surface area contributed by atoms with Crippen molar-refractivity contribution in [1.82, 2.24) is 0 Å². The van der Waals surface area contributed by atoms with Gasteiger partial charge in [0.05, 0.1) is 16.6 Å². The molecule has 0 amide bonds. The summed E-state index contributed by atoms with van der Waals surface area (Å²) >= 11 is 0. The van der Waals surface area contributed by atoms with Gasteiger partial charge in [-0.3, -0.25) is 14.9 Å². The summed E-state index contributed by atoms with van der Waals surface area (Å²) in [5.74, 6) is -0.737. The monoisotopic (exact) mass is 251 g/mol. The fourth-order valence-corrected chi connectivity index (χ4v) is 2.02. The Balaban J connectivity index is 3.12. The van der Waals surface area contributed by atoms with E-state index >= 15 is 0 Å². The zero-order chi connectivity index (χ0) is 13.7. The van der Waals surface area contributed by atoms with Gasteiger partial charge in [0.15, 0.2) is 0 Å². The molecule has 98 valence electrons. The topological polar surface area (TPSA) is 80.4 Å². The number of aliphatic hydroxyl groups excluding tert-OH is 1. The van der Waals surface area contributed by atoms with Gasteiger partial charge in [-0.05, 0) is 19.4 Å². The van der Waals surface area contributed by atoms with E-state index in [0.29, 0.717) is 6.42 Å². The summed E-state index contributed by atoms with van der Waals surface area (Å²) in [6, 6.07) is 5.99. The van der Waals surface area contributed by atoms with Gasteiger partial charge in [-0.2, -0.15) is 0 Å². The number of Topliss-reactive ketones (excluding diaryl/α,β-unsaturated/α-hetero) is 1. The first kappa shape index (κ1) is 14.3. The molecule has 1 N–H and O–H groups in total. The zero-order valence-corrected chi connectivity index (χ0v) is 10.5. The first-order valence-corrected chi connectivity index (χ1v) is 5.90. The summed E-state index contributed by atoms with van der Waals surface area (Å²) in [6.07, 6.45) is 0.133. The van der Waals surface area contributed by atoms with Gasteiger partial charge in [-0.15, -0.1) is 0 Å². The molecule has 0 aliphatic carbocycles. The Hall–Kier alpha value is -1.75. The van der Waals surface area contributed by atoms with Crippen LogP contribution in [-0.2, 0) is 4.79 Å². The lowest BCUT2D eigenvalue weighted by molar-refractivity contribution is -0.386. The van der Waals surface area contributed by atoms with Crippen molar-refractivity contribution in [2.24, 2.45) is 5.92 Å². The molecule has 5 heteroatoms. The molecule has 5 nitrogen and oxygen atoms in total. The van der Waals surface area contributed by atoms with Crippen LogP contribution in [0.25, 0.3) is 0 Å². The van der Waals surface area contributed by atoms with Gasteiger partial charge >= 0.3 is 0 Å². The number of ketones is 1. The van der Waals surface area contributed by atoms with Crippen molar-refractivity contribution in [3.8, 4) is 0 Å². The molecule has 1 rings (SSSR count). The minimum atomic E-state index is -1.12. The van der Waals surface area contributed by atoms with Crippen molar-refractivity contribution in [3.63, 3.8) is 0 Å². The Morgan fingerprint density at radius 2 is 2.06 bits per heavy atom. The molecule has 0 spiro atoms. The maximum atomic E-state index is 11.5. The molecule has 2 unspecified atom stereocenters. The van der Waals surface area contributed by atoms with Crippen LogP contribution in [0.4, 0.5) is 5.69 Å². The number of carbonyl (C=O) groups is 1. The fraction of sp³-hybridized carbons (Fsp3) is 0.462. The number of hydrogen-bond donors (Lipinski definition) is 1. The highest BCUT2D eigenvalue weighted by Crippen LogP contribution is 2.32. The Bertz CT molecular complexity index is 444. The van der Waals surface area contributed by atoms with Crippen molar-refractivity contribution in [3.05, 3.63) is 39.9 Å². The molecular formula is C13H17NO4. The van der Waals surface area contributed by atoms with Crippen molar-refractivity contribution in [1.29, 1.82) is 0 Å². The molecule has 0 heterocycles. The minimum Gasteiger partial charge on any atom is -0.387 e. The van der Waals surface area contributed by atoms with E-state index in [2.05, 4.69) is 0 Å². The summed E-state index contributed by atoms with van der Waals surface area (Å²) in [5, 5.41) is 21.1. The number of para-hydroxylation sites is 1. The smallest absolute Gasteiger partial charge is 0.275 e. The standard InChI is InChI=1S/C13H17NO4/c1-3-6-10(9(2)15)13(16)11-7-4-5-8-12(11)14(17)18/h4-5,7-8,10,13,16H,3,6H2,1-2H3. The van der Waals surface area contributed by atoms with Crippen LogP contribution >= 0.6 is 0 Å². The Morgan fingerprint density at radius 1 is 1.44 bits per heavy atom. The fourth-order valence-electron chi connectivity index (χ4n) is 2.02. The third-order valence-corrected chi connectivity index (χ3v) is 2.96. The lowest BCUT2D eigenvalue weighted by atomic mass is 9.88. The molecule has 1 aromatic carbocycles. The van der Waals surface area contributed by atoms with E-state index < -0.39 is 16.9 Å². The highest BCUT2D eigenvalue weighted by atomic mass is 16.6. The summed E-state index contributed by atoms with van der Waals surface area (Å²) < 4.78 is 0. The Morgan fingerprint density at radius 3 is 2.56 bits per heavy atom. The number of hydrogen-bond acceptors (Lipinski definition) is 4. The second kappa shape index (κ2) is 6.26. The van der Waals surface area contributed by atoms with E-state index in [-0.39, 0.29) is 17.0 Å². The van der Waals surface area contributed by atoms with E-state index in [1.54, 1.807) is 6.07 Å². The molecule has 0 bridgehead atoms. The number of nitro benzene ring substituents is 1. The van der Waals surface area contributed by atoms with Crippen LogP contribution in [0.1, 0.15) is 38.4 Å². The van der Waals surface area contributed by atoms with Crippen LogP contribution in [0.15, 0.2) is 24.3 Å². The molecule has 0 radical (unpaired) electrons. The van der Waals surface area contributed by atoms with Crippen molar-refractivity contribution < 1.29 is 14.8 Å². The predicted octanol–water partition coefficient (Wildman–Crippen LogP) is 2.63. The SMILES string of the molecule is CCCC(C(C)=O)C(O)c1ccccc1[N+](=O)[O-]. The maximum absolute atomic E-state index is 11.5. The van der Waals surface area contributed by atoms with Gasteiger partial charge in [-0.1, -0.05) is 25.5 Å². The Labute approximate surface area is 106 Å². The average molecular weight is 251 g/mol. The molecular weight excluding hydrogens is 234 g/mol. The van der Waals surface area contributed by atoms with Gasteiger partial charge in [0.2, 0.25) is 0 Å². The lowest BCUT2D eigenvalue weighted by Crippen LogP contribution is -2.20. The van der Waals surface area contributed by atoms with Gasteiger partial charge in [0, 0.05) is 12.0 Å². The van der Waals surface area contributed by atoms with Crippen LogP contribution in [-0.4, -0.2) is 15.8 Å². The third kappa shape index (κ3) is 3.13. The first-order chi connectivity index (χ1) is 8.49. The van der Waals surface area contributed by atoms with E-state index in [1.807, 2.05) is 6.92 Å². The van der Waals surface area contributed by atoms with Crippen LogP contribution < -0.4 is 0 Å². The van der Waals surface area contributed by atoms with Gasteiger partial charge in [-0.25, -0.2) is 0 Å². The highest BCUT2D eigenvalue weighted by Gasteiger charge is 2.29. The second-order valence-electron chi connectivity index (χ2n) is 4.27. The Kier molecular flexibility index (Phi) is 4.97. The second-order valence-corrected chi connectivity index (χ2v) is 4.27. The van der Waals surface area contributed by atoms with Crippen LogP contribution in [0.2, 0.25) is 0 Å². The number of nitro groups is 1. The van der Waals surface area contributed by atoms with E-state index in [4.69, 9.17) is 0 Å². The predicted molar refractivity (Wildman–Crippen MR) is 67.1 cm³/mol. The average Bonchev–Trinajstić information content (AvgIpc) is 2.34. The normalized spacial score (nSPS) is 13.9.